The first-order chi connectivity index (χ1) is 6.79. The summed E-state index contributed by atoms with van der Waals surface area (Å²) in [6.45, 7) is 5.75. The topological polar surface area (TPSA) is 12.0 Å². The van der Waals surface area contributed by atoms with E-state index in [0.717, 1.165) is 0 Å². The molecule has 1 aromatic rings. The van der Waals surface area contributed by atoms with Crippen LogP contribution in [0.2, 0.25) is 0 Å². The predicted molar refractivity (Wildman–Crippen MR) is 66.2 cm³/mol. The Morgan fingerprint density at radius 2 is 1.64 bits per heavy atom. The van der Waals surface area contributed by atoms with Gasteiger partial charge in [-0.2, -0.15) is 0 Å². The highest BCUT2D eigenvalue weighted by Crippen LogP contribution is 2.11. The van der Waals surface area contributed by atoms with E-state index >= 15 is 0 Å². The molecular weight excluding hydrogens is 170 g/mol. The van der Waals surface area contributed by atoms with E-state index in [-0.39, 0.29) is 0 Å². The van der Waals surface area contributed by atoms with Gasteiger partial charge in [0.25, 0.3) is 0 Å². The van der Waals surface area contributed by atoms with Gasteiger partial charge >= 0.3 is 0 Å². The number of hydrogen-bond donors (Lipinski definition) is 1. The van der Waals surface area contributed by atoms with Gasteiger partial charge in [-0.3, -0.25) is 0 Å². The lowest BCUT2D eigenvalue weighted by molar-refractivity contribution is 1.02. The molecule has 76 valence electrons. The van der Waals surface area contributed by atoms with Crippen molar-refractivity contribution in [2.75, 3.05) is 14.1 Å². The molecule has 1 heteroatoms. The van der Waals surface area contributed by atoms with E-state index < -0.39 is 0 Å². The molecule has 0 aliphatic heterocycles. The zero-order chi connectivity index (χ0) is 10.8. The molecular formula is C13H19N. The van der Waals surface area contributed by atoms with E-state index in [1.807, 2.05) is 45.3 Å². The molecule has 0 atom stereocenters. The van der Waals surface area contributed by atoms with Crippen molar-refractivity contribution in [2.45, 2.75) is 6.92 Å². The Kier molecular flexibility index (Phi) is 7.48. The molecule has 0 aromatic heterocycles. The van der Waals surface area contributed by atoms with Gasteiger partial charge in [0.15, 0.2) is 0 Å². The fourth-order valence-corrected chi connectivity index (χ4v) is 1.03. The van der Waals surface area contributed by atoms with Crippen molar-refractivity contribution >= 4 is 12.2 Å². The number of nitrogens with one attached hydrogen (secondary N) is 1. The van der Waals surface area contributed by atoms with Gasteiger partial charge in [0.2, 0.25) is 0 Å². The minimum atomic E-state index is 1.19. The Morgan fingerprint density at radius 3 is 2.07 bits per heavy atom. The Labute approximate surface area is 87.2 Å². The average Bonchev–Trinajstić information content (AvgIpc) is 2.20. The zero-order valence-electron chi connectivity index (χ0n) is 9.25. The first-order valence-electron chi connectivity index (χ1n) is 4.72. The summed E-state index contributed by atoms with van der Waals surface area (Å²) < 4.78 is 0. The summed E-state index contributed by atoms with van der Waals surface area (Å²) in [5.41, 5.74) is 2.41. The molecule has 0 amide bonds. The summed E-state index contributed by atoms with van der Waals surface area (Å²) in [6, 6.07) is 8.19. The average molecular weight is 189 g/mol. The van der Waals surface area contributed by atoms with Crippen molar-refractivity contribution in [3.05, 3.63) is 48.0 Å². The van der Waals surface area contributed by atoms with Crippen LogP contribution < -0.4 is 5.32 Å². The Balaban J connectivity index is 0.000000500. The largest absolute Gasteiger partial charge is 0.323 e. The minimum Gasteiger partial charge on any atom is -0.323 e. The van der Waals surface area contributed by atoms with Crippen molar-refractivity contribution in [1.29, 1.82) is 0 Å². The summed E-state index contributed by atoms with van der Waals surface area (Å²) in [5, 5.41) is 2.75. The van der Waals surface area contributed by atoms with Gasteiger partial charge in [0.1, 0.15) is 0 Å². The van der Waals surface area contributed by atoms with Gasteiger partial charge in [0, 0.05) is 0 Å². The maximum absolute atomic E-state index is 3.74. The van der Waals surface area contributed by atoms with E-state index in [9.17, 15) is 0 Å². The van der Waals surface area contributed by atoms with E-state index in [2.05, 4.69) is 30.1 Å². The van der Waals surface area contributed by atoms with Gasteiger partial charge in [-0.25, -0.2) is 0 Å². The molecule has 0 fully saturated rings. The summed E-state index contributed by atoms with van der Waals surface area (Å²) in [4.78, 5) is 0. The maximum Gasteiger partial charge on any atom is -0.0167 e. The molecule has 0 radical (unpaired) electrons. The molecule has 0 aliphatic carbocycles. The lowest BCUT2D eigenvalue weighted by Gasteiger charge is -1.97. The smallest absolute Gasteiger partial charge is 0.0167 e. The summed E-state index contributed by atoms with van der Waals surface area (Å²) in [6.07, 6.45) is 5.98. The molecule has 0 bridgehead atoms. The standard InChI is InChI=1S/C11H12.C2H7N/c1-3-7-11-9-6-5-8-10(11)4-2;1-3-2/h3-9H,2H2,1H3;3H,1-2H3/b7-3-;. The molecule has 0 spiro atoms. The van der Waals surface area contributed by atoms with Crippen LogP contribution in [0, 0.1) is 0 Å². The quantitative estimate of drug-likeness (QED) is 0.753. The fraction of sp³-hybridized carbons (Fsp3) is 0.231. The van der Waals surface area contributed by atoms with Crippen LogP contribution in [0.3, 0.4) is 0 Å². The predicted octanol–water partition coefficient (Wildman–Crippen LogP) is 3.20. The highest BCUT2D eigenvalue weighted by Gasteiger charge is 1.90. The number of allylic oxidation sites excluding steroid dienone is 1. The van der Waals surface area contributed by atoms with Crippen LogP contribution in [-0.4, -0.2) is 14.1 Å². The zero-order valence-corrected chi connectivity index (χ0v) is 9.25. The van der Waals surface area contributed by atoms with Crippen molar-refractivity contribution in [1.82, 2.24) is 5.32 Å². The molecule has 0 heterocycles. The monoisotopic (exact) mass is 189 g/mol. The number of hydrogen-bond acceptors (Lipinski definition) is 1. The molecule has 0 unspecified atom stereocenters. The second-order valence-corrected chi connectivity index (χ2v) is 2.83. The Bertz CT molecular complexity index is 287. The van der Waals surface area contributed by atoms with Crippen molar-refractivity contribution < 1.29 is 0 Å². The van der Waals surface area contributed by atoms with Gasteiger partial charge in [-0.15, -0.1) is 0 Å². The second kappa shape index (κ2) is 8.27. The van der Waals surface area contributed by atoms with Crippen LogP contribution in [-0.2, 0) is 0 Å². The van der Waals surface area contributed by atoms with E-state index in [4.69, 9.17) is 0 Å². The van der Waals surface area contributed by atoms with Crippen LogP contribution in [0.4, 0.5) is 0 Å². The van der Waals surface area contributed by atoms with E-state index in [1.165, 1.54) is 11.1 Å². The van der Waals surface area contributed by atoms with E-state index in [0.29, 0.717) is 0 Å². The Morgan fingerprint density at radius 1 is 1.14 bits per heavy atom. The summed E-state index contributed by atoms with van der Waals surface area (Å²) in [7, 11) is 3.75. The third-order valence-electron chi connectivity index (χ3n) is 1.56. The minimum absolute atomic E-state index is 1.19. The molecule has 0 saturated carbocycles. The second-order valence-electron chi connectivity index (χ2n) is 2.83. The van der Waals surface area contributed by atoms with Gasteiger partial charge < -0.3 is 5.32 Å². The molecule has 1 aromatic carbocycles. The highest BCUT2D eigenvalue weighted by atomic mass is 14.7. The lowest BCUT2D eigenvalue weighted by atomic mass is 10.1. The molecule has 1 nitrogen and oxygen atoms in total. The van der Waals surface area contributed by atoms with Crippen molar-refractivity contribution in [2.24, 2.45) is 0 Å². The molecule has 0 saturated heterocycles. The van der Waals surface area contributed by atoms with E-state index in [1.54, 1.807) is 0 Å². The first-order valence-corrected chi connectivity index (χ1v) is 4.72. The van der Waals surface area contributed by atoms with Gasteiger partial charge in [-0.05, 0) is 32.1 Å². The fourth-order valence-electron chi connectivity index (χ4n) is 1.03. The maximum atomic E-state index is 3.74. The normalized spacial score (nSPS) is 9.36. The van der Waals surface area contributed by atoms with Crippen LogP contribution in [0.25, 0.3) is 12.2 Å². The number of rotatable bonds is 2. The number of benzene rings is 1. The molecule has 1 rings (SSSR count). The van der Waals surface area contributed by atoms with Crippen molar-refractivity contribution in [3.8, 4) is 0 Å². The third-order valence-corrected chi connectivity index (χ3v) is 1.56. The van der Waals surface area contributed by atoms with Crippen LogP contribution in [0.15, 0.2) is 36.9 Å². The van der Waals surface area contributed by atoms with Crippen LogP contribution in [0.5, 0.6) is 0 Å². The van der Waals surface area contributed by atoms with Crippen LogP contribution in [0.1, 0.15) is 18.1 Å². The summed E-state index contributed by atoms with van der Waals surface area (Å²) in [5.74, 6) is 0. The van der Waals surface area contributed by atoms with Crippen molar-refractivity contribution in [3.63, 3.8) is 0 Å². The van der Waals surface area contributed by atoms with Gasteiger partial charge in [-0.1, -0.05) is 49.1 Å². The molecule has 14 heavy (non-hydrogen) atoms. The third kappa shape index (κ3) is 4.63. The van der Waals surface area contributed by atoms with Crippen LogP contribution >= 0.6 is 0 Å². The Hall–Kier alpha value is -1.34. The SMILES string of the molecule is C=Cc1ccccc1/C=C\C.CNC. The summed E-state index contributed by atoms with van der Waals surface area (Å²) >= 11 is 0. The van der Waals surface area contributed by atoms with Gasteiger partial charge in [0.05, 0.1) is 0 Å². The molecule has 0 aliphatic rings. The first kappa shape index (κ1) is 12.7. The highest BCUT2D eigenvalue weighted by molar-refractivity contribution is 5.63. The molecule has 1 N–H and O–H groups in total. The lowest BCUT2D eigenvalue weighted by Crippen LogP contribution is -1.89.